The summed E-state index contributed by atoms with van der Waals surface area (Å²) in [6.45, 7) is -1.05. The van der Waals surface area contributed by atoms with Crippen LogP contribution < -0.4 is 0 Å². The summed E-state index contributed by atoms with van der Waals surface area (Å²) in [4.78, 5) is 7.91. The number of hydrogen-bond donors (Lipinski definition) is 0. The zero-order valence-electron chi connectivity index (χ0n) is 8.49. The van der Waals surface area contributed by atoms with Gasteiger partial charge in [-0.25, -0.2) is 9.97 Å². The normalized spacial score (nSPS) is 12.7. The zero-order valence-corrected chi connectivity index (χ0v) is 8.49. The molecule has 2 nitrogen and oxygen atoms in total. The van der Waals surface area contributed by atoms with E-state index >= 15 is 0 Å². The molecule has 1 aromatic heterocycles. The van der Waals surface area contributed by atoms with Gasteiger partial charge in [0.2, 0.25) is 0 Å². The monoisotopic (exact) mass is 215 g/mol. The SMILES string of the molecule is CC(C)c1ncc(/C=C/[B-](F)(F)F)cn1. The van der Waals surface area contributed by atoms with Gasteiger partial charge in [0.25, 0.3) is 0 Å². The van der Waals surface area contributed by atoms with Crippen molar-refractivity contribution in [2.75, 3.05) is 0 Å². The molecule has 1 aromatic rings. The standard InChI is InChI=1S/C9H11BF3N2/c1-7(2)9-14-5-8(6-15-9)3-4-10(11,12)13/h3-7H,1-2H3/q-1/b4-3+. The lowest BCUT2D eigenvalue weighted by atomic mass is 9.91. The van der Waals surface area contributed by atoms with E-state index in [0.29, 0.717) is 11.4 Å². The van der Waals surface area contributed by atoms with Crippen molar-refractivity contribution in [3.63, 3.8) is 0 Å². The molecule has 0 radical (unpaired) electrons. The lowest BCUT2D eigenvalue weighted by Crippen LogP contribution is -2.09. The van der Waals surface area contributed by atoms with Crippen LogP contribution in [0, 0.1) is 0 Å². The number of aromatic nitrogens is 2. The molecule has 0 aliphatic rings. The van der Waals surface area contributed by atoms with Gasteiger partial charge in [-0.3, -0.25) is 0 Å². The molecule has 6 heteroatoms. The van der Waals surface area contributed by atoms with Crippen LogP contribution in [0.15, 0.2) is 18.4 Å². The molecule has 0 fully saturated rings. The van der Waals surface area contributed by atoms with Gasteiger partial charge in [-0.15, -0.1) is 5.98 Å². The summed E-state index contributed by atoms with van der Waals surface area (Å²) in [6, 6.07) is 0. The Hall–Kier alpha value is -1.33. The van der Waals surface area contributed by atoms with E-state index < -0.39 is 6.98 Å². The number of hydrogen-bond acceptors (Lipinski definition) is 2. The molecule has 0 aliphatic heterocycles. The van der Waals surface area contributed by atoms with Crippen LogP contribution in [0.2, 0.25) is 0 Å². The molecule has 1 heterocycles. The maximum Gasteiger partial charge on any atom is 0.502 e. The van der Waals surface area contributed by atoms with Crippen LogP contribution in [0.5, 0.6) is 0 Å². The molecule has 0 N–H and O–H groups in total. The predicted molar refractivity (Wildman–Crippen MR) is 54.2 cm³/mol. The smallest absolute Gasteiger partial charge is 0.445 e. The molecule has 0 amide bonds. The first-order valence-corrected chi connectivity index (χ1v) is 4.59. The predicted octanol–water partition coefficient (Wildman–Crippen LogP) is 3.00. The van der Waals surface area contributed by atoms with Gasteiger partial charge in [-0.05, 0) is 0 Å². The number of rotatable bonds is 3. The molecule has 1 rings (SSSR count). The highest BCUT2D eigenvalue weighted by atomic mass is 19.4. The van der Waals surface area contributed by atoms with E-state index in [0.717, 1.165) is 6.08 Å². The van der Waals surface area contributed by atoms with Crippen LogP contribution in [0.4, 0.5) is 12.9 Å². The first-order chi connectivity index (χ1) is 6.88. The quantitative estimate of drug-likeness (QED) is 0.724. The van der Waals surface area contributed by atoms with Crippen molar-refractivity contribution >= 4 is 13.1 Å². The van der Waals surface area contributed by atoms with E-state index in [2.05, 4.69) is 9.97 Å². The van der Waals surface area contributed by atoms with E-state index in [-0.39, 0.29) is 11.9 Å². The third-order valence-corrected chi connectivity index (χ3v) is 1.72. The fourth-order valence-corrected chi connectivity index (χ4v) is 0.952. The molecule has 15 heavy (non-hydrogen) atoms. The summed E-state index contributed by atoms with van der Waals surface area (Å²) in [6.07, 6.45) is 3.76. The van der Waals surface area contributed by atoms with Gasteiger partial charge in [0.15, 0.2) is 0 Å². The second-order valence-electron chi connectivity index (χ2n) is 3.51. The van der Waals surface area contributed by atoms with Crippen molar-refractivity contribution in [3.05, 3.63) is 29.8 Å². The average Bonchev–Trinajstić information content (AvgIpc) is 2.14. The largest absolute Gasteiger partial charge is 0.502 e. The van der Waals surface area contributed by atoms with E-state index in [4.69, 9.17) is 0 Å². The Morgan fingerprint density at radius 3 is 2.13 bits per heavy atom. The highest BCUT2D eigenvalue weighted by Crippen LogP contribution is 2.13. The van der Waals surface area contributed by atoms with Gasteiger partial charge in [0.1, 0.15) is 5.82 Å². The zero-order chi connectivity index (χ0) is 11.5. The van der Waals surface area contributed by atoms with Crippen LogP contribution in [-0.2, 0) is 0 Å². The minimum Gasteiger partial charge on any atom is -0.445 e. The Bertz CT molecular complexity index is 343. The summed E-state index contributed by atoms with van der Waals surface area (Å²) in [7, 11) is 0. The summed E-state index contributed by atoms with van der Waals surface area (Å²) < 4.78 is 35.7. The van der Waals surface area contributed by atoms with Gasteiger partial charge in [-0.2, -0.15) is 0 Å². The van der Waals surface area contributed by atoms with Gasteiger partial charge >= 0.3 is 6.98 Å². The van der Waals surface area contributed by atoms with Gasteiger partial charge < -0.3 is 12.9 Å². The number of nitrogens with zero attached hydrogens (tertiary/aromatic N) is 2. The molecular weight excluding hydrogens is 204 g/mol. The lowest BCUT2D eigenvalue weighted by Gasteiger charge is -2.06. The molecule has 0 saturated carbocycles. The van der Waals surface area contributed by atoms with Crippen LogP contribution >= 0.6 is 0 Å². The van der Waals surface area contributed by atoms with Gasteiger partial charge in [0.05, 0.1) is 0 Å². The molecule has 0 saturated heterocycles. The molecule has 0 spiro atoms. The van der Waals surface area contributed by atoms with Crippen LogP contribution in [-0.4, -0.2) is 16.9 Å². The average molecular weight is 215 g/mol. The Morgan fingerprint density at radius 2 is 1.73 bits per heavy atom. The first kappa shape index (κ1) is 11.7. The van der Waals surface area contributed by atoms with E-state index in [1.807, 2.05) is 13.8 Å². The summed E-state index contributed by atoms with van der Waals surface area (Å²) in [5.41, 5.74) is 0.360. The maximum atomic E-state index is 11.9. The van der Waals surface area contributed by atoms with Crippen LogP contribution in [0.3, 0.4) is 0 Å². The Kier molecular flexibility index (Phi) is 3.50. The van der Waals surface area contributed by atoms with Gasteiger partial charge in [-0.1, -0.05) is 19.9 Å². The molecular formula is C9H11BF3N2-. The summed E-state index contributed by atoms with van der Waals surface area (Å²) in [5, 5.41) is 0. The highest BCUT2D eigenvalue weighted by molar-refractivity contribution is 6.64. The Morgan fingerprint density at radius 1 is 1.20 bits per heavy atom. The summed E-state index contributed by atoms with van der Waals surface area (Å²) >= 11 is 0. The van der Waals surface area contributed by atoms with Crippen molar-refractivity contribution in [1.82, 2.24) is 9.97 Å². The third kappa shape index (κ3) is 4.14. The van der Waals surface area contributed by atoms with Crippen molar-refractivity contribution in [2.45, 2.75) is 19.8 Å². The fourth-order valence-electron chi connectivity index (χ4n) is 0.952. The van der Waals surface area contributed by atoms with Gasteiger partial charge in [0, 0.05) is 23.9 Å². The van der Waals surface area contributed by atoms with E-state index in [1.54, 1.807) is 0 Å². The lowest BCUT2D eigenvalue weighted by molar-refractivity contribution is 0.499. The molecule has 0 atom stereocenters. The second kappa shape index (κ2) is 4.46. The summed E-state index contributed by atoms with van der Waals surface area (Å²) in [5.74, 6) is 1.04. The van der Waals surface area contributed by atoms with Crippen molar-refractivity contribution in [2.24, 2.45) is 0 Å². The Labute approximate surface area is 86.3 Å². The minimum absolute atomic E-state index is 0.176. The van der Waals surface area contributed by atoms with Crippen molar-refractivity contribution in [3.8, 4) is 0 Å². The minimum atomic E-state index is -4.89. The fraction of sp³-hybridized carbons (Fsp3) is 0.333. The number of halogens is 3. The van der Waals surface area contributed by atoms with Crippen LogP contribution in [0.1, 0.15) is 31.2 Å². The van der Waals surface area contributed by atoms with E-state index in [1.165, 1.54) is 12.4 Å². The molecule has 0 unspecified atom stereocenters. The molecule has 0 bridgehead atoms. The topological polar surface area (TPSA) is 25.8 Å². The molecule has 0 aliphatic carbocycles. The third-order valence-electron chi connectivity index (χ3n) is 1.72. The highest BCUT2D eigenvalue weighted by Gasteiger charge is 2.16. The van der Waals surface area contributed by atoms with Crippen molar-refractivity contribution in [1.29, 1.82) is 0 Å². The first-order valence-electron chi connectivity index (χ1n) is 4.59. The van der Waals surface area contributed by atoms with E-state index in [9.17, 15) is 12.9 Å². The molecule has 82 valence electrons. The Balaban J connectivity index is 2.77. The molecule has 0 aromatic carbocycles. The second-order valence-corrected chi connectivity index (χ2v) is 3.51. The van der Waals surface area contributed by atoms with Crippen molar-refractivity contribution < 1.29 is 12.9 Å². The maximum absolute atomic E-state index is 11.9. The van der Waals surface area contributed by atoms with Crippen LogP contribution in [0.25, 0.3) is 6.08 Å².